The number of Topliss-reactive ketones (excluding diaryl/α,β-unsaturated/α-hetero) is 1. The van der Waals surface area contributed by atoms with Crippen molar-refractivity contribution in [2.45, 2.75) is 238 Å². The van der Waals surface area contributed by atoms with Crippen molar-refractivity contribution in [2.24, 2.45) is 5.73 Å². The molecule has 1 amide bonds. The maximum absolute atomic E-state index is 12.7. The normalized spacial score (nSPS) is 12.4. The second kappa shape index (κ2) is 39.7. The number of aliphatic hydroxyl groups excluding tert-OH is 1. The molecule has 9 heteroatoms. The van der Waals surface area contributed by atoms with E-state index in [-0.39, 0.29) is 32.0 Å². The van der Waals surface area contributed by atoms with E-state index in [1.807, 2.05) is 0 Å². The van der Waals surface area contributed by atoms with Crippen molar-refractivity contribution in [1.82, 2.24) is 5.32 Å². The second-order valence-electron chi connectivity index (χ2n) is 15.4. The number of carbonyl (C=O) groups excluding carboxylic acids is 4. The summed E-state index contributed by atoms with van der Waals surface area (Å²) in [5, 5.41) is 11.5. The summed E-state index contributed by atoms with van der Waals surface area (Å²) in [5.41, 5.74) is 5.78. The van der Waals surface area contributed by atoms with Gasteiger partial charge in [0, 0.05) is 19.3 Å². The predicted molar refractivity (Wildman–Crippen MR) is 218 cm³/mol. The molecule has 0 bridgehead atoms. The Kier molecular flexibility index (Phi) is 38.2. The summed E-state index contributed by atoms with van der Waals surface area (Å²) in [6.07, 6.45) is 36.9. The Morgan fingerprint density at radius 3 is 1.23 bits per heavy atom. The number of rotatable bonds is 41. The summed E-state index contributed by atoms with van der Waals surface area (Å²) >= 11 is 0. The summed E-state index contributed by atoms with van der Waals surface area (Å²) < 4.78 is 11.0. The van der Waals surface area contributed by atoms with Gasteiger partial charge >= 0.3 is 11.9 Å². The van der Waals surface area contributed by atoms with E-state index in [0.29, 0.717) is 6.42 Å². The number of esters is 2. The molecule has 0 aliphatic heterocycles. The molecule has 2 atom stereocenters. The molecule has 0 aliphatic carbocycles. The molecule has 9 nitrogen and oxygen atoms in total. The summed E-state index contributed by atoms with van der Waals surface area (Å²) in [5.74, 6) is -1.87. The van der Waals surface area contributed by atoms with E-state index >= 15 is 0 Å². The maximum Gasteiger partial charge on any atom is 0.306 e. The van der Waals surface area contributed by atoms with Crippen LogP contribution in [0.5, 0.6) is 0 Å². The molecule has 0 aromatic heterocycles. The average Bonchev–Trinajstić information content (AvgIpc) is 3.15. The van der Waals surface area contributed by atoms with Crippen molar-refractivity contribution in [3.63, 3.8) is 0 Å². The van der Waals surface area contributed by atoms with Crippen LogP contribution in [0.1, 0.15) is 226 Å². The van der Waals surface area contributed by atoms with E-state index in [9.17, 15) is 19.2 Å². The summed E-state index contributed by atoms with van der Waals surface area (Å²) in [6, 6.07) is -1.13. The highest BCUT2D eigenvalue weighted by Gasteiger charge is 2.21. The predicted octanol–water partition coefficient (Wildman–Crippen LogP) is 10.4. The van der Waals surface area contributed by atoms with Gasteiger partial charge in [0.25, 0.3) is 0 Å². The lowest BCUT2D eigenvalue weighted by molar-refractivity contribution is -0.159. The number of carbonyl (C=O) groups is 4. The van der Waals surface area contributed by atoms with Gasteiger partial charge in [0.05, 0.1) is 12.6 Å². The molecule has 4 N–H and O–H groups in total. The molecule has 0 rings (SSSR count). The molecule has 0 aliphatic rings. The zero-order valence-electron chi connectivity index (χ0n) is 34.6. The fourth-order valence-electron chi connectivity index (χ4n) is 6.67. The number of nitrogens with two attached hydrogens (primary N) is 1. The van der Waals surface area contributed by atoms with E-state index < -0.39 is 36.4 Å². The molecular formula is C44H84N2O7. The van der Waals surface area contributed by atoms with Crippen LogP contribution in [0.15, 0.2) is 0 Å². The molecular weight excluding hydrogens is 668 g/mol. The first kappa shape index (κ1) is 51.0. The third kappa shape index (κ3) is 36.7. The lowest BCUT2D eigenvalue weighted by Crippen LogP contribution is -2.46. The highest BCUT2D eigenvalue weighted by atomic mass is 16.6. The number of hydrogen-bond donors (Lipinski definition) is 3. The number of ketones is 1. The summed E-state index contributed by atoms with van der Waals surface area (Å²) in [4.78, 5) is 49.0. The van der Waals surface area contributed by atoms with Gasteiger partial charge in [0.2, 0.25) is 5.91 Å². The van der Waals surface area contributed by atoms with Crippen molar-refractivity contribution in [3.05, 3.63) is 0 Å². The van der Waals surface area contributed by atoms with Crippen LogP contribution in [-0.2, 0) is 28.7 Å². The van der Waals surface area contributed by atoms with Crippen molar-refractivity contribution < 1.29 is 33.8 Å². The Labute approximate surface area is 325 Å². The Hall–Kier alpha value is -2.00. The average molecular weight is 753 g/mol. The largest absolute Gasteiger partial charge is 0.462 e. The fraction of sp³-hybridized carbons (Fsp3) is 0.909. The number of nitrogens with one attached hydrogen (secondary N) is 1. The van der Waals surface area contributed by atoms with Gasteiger partial charge in [0.15, 0.2) is 11.9 Å². The maximum atomic E-state index is 12.7. The van der Waals surface area contributed by atoms with Gasteiger partial charge in [-0.2, -0.15) is 0 Å². The monoisotopic (exact) mass is 753 g/mol. The molecule has 0 aromatic rings. The van der Waals surface area contributed by atoms with Crippen molar-refractivity contribution in [1.29, 1.82) is 0 Å². The minimum absolute atomic E-state index is 0.0866. The van der Waals surface area contributed by atoms with E-state index in [1.54, 1.807) is 0 Å². The highest BCUT2D eigenvalue weighted by molar-refractivity contribution is 5.89. The molecule has 0 saturated heterocycles. The standard InChI is InChI=1S/C44H84N2O7/c1-3-5-7-9-11-13-15-17-19-21-23-25-27-29-31-33-42(49)52-38-40(36-46-44(51)41(45)35-39(48)37-47)53-43(50)34-32-30-28-26-24-22-20-18-16-14-12-10-8-6-4-2/h40-41,47H,3-38,45H2,1-2H3,(H,46,51). The first-order valence-electron chi connectivity index (χ1n) is 22.3. The topological polar surface area (TPSA) is 145 Å². The Morgan fingerprint density at radius 2 is 0.868 bits per heavy atom. The van der Waals surface area contributed by atoms with Crippen molar-refractivity contribution >= 4 is 23.6 Å². The minimum Gasteiger partial charge on any atom is -0.462 e. The van der Waals surface area contributed by atoms with Gasteiger partial charge in [-0.1, -0.05) is 194 Å². The van der Waals surface area contributed by atoms with Crippen LogP contribution in [0.4, 0.5) is 0 Å². The first-order valence-corrected chi connectivity index (χ1v) is 22.3. The van der Waals surface area contributed by atoms with E-state index in [2.05, 4.69) is 19.2 Å². The van der Waals surface area contributed by atoms with Gasteiger partial charge in [0.1, 0.15) is 13.2 Å². The van der Waals surface area contributed by atoms with Crippen LogP contribution >= 0.6 is 0 Å². The molecule has 0 aromatic carbocycles. The third-order valence-corrected chi connectivity index (χ3v) is 10.2. The number of amides is 1. The molecule has 0 spiro atoms. The molecule has 312 valence electrons. The fourth-order valence-corrected chi connectivity index (χ4v) is 6.67. The van der Waals surface area contributed by atoms with Crippen LogP contribution in [0, 0.1) is 0 Å². The van der Waals surface area contributed by atoms with Gasteiger partial charge < -0.3 is 25.6 Å². The van der Waals surface area contributed by atoms with Crippen LogP contribution in [0.2, 0.25) is 0 Å². The zero-order chi connectivity index (χ0) is 39.0. The van der Waals surface area contributed by atoms with Gasteiger partial charge in [-0.25, -0.2) is 0 Å². The third-order valence-electron chi connectivity index (χ3n) is 10.2. The lowest BCUT2D eigenvalue weighted by Gasteiger charge is -2.20. The number of hydrogen-bond acceptors (Lipinski definition) is 8. The SMILES string of the molecule is CCCCCCCCCCCCCCCCCC(=O)OCC(CNC(=O)C(N)CC(=O)CO)OC(=O)CCCCCCCCCCCCCCCCC. The highest BCUT2D eigenvalue weighted by Crippen LogP contribution is 2.16. The van der Waals surface area contributed by atoms with E-state index in [0.717, 1.165) is 38.5 Å². The first-order chi connectivity index (χ1) is 25.8. The van der Waals surface area contributed by atoms with Crippen LogP contribution in [-0.4, -0.2) is 60.6 Å². The van der Waals surface area contributed by atoms with Gasteiger partial charge in [-0.05, 0) is 12.8 Å². The molecule has 53 heavy (non-hydrogen) atoms. The summed E-state index contributed by atoms with van der Waals surface area (Å²) in [6.45, 7) is 3.59. The van der Waals surface area contributed by atoms with E-state index in [1.165, 1.54) is 154 Å². The zero-order valence-corrected chi connectivity index (χ0v) is 34.6. The Bertz CT molecular complexity index is 869. The van der Waals surface area contributed by atoms with Crippen molar-refractivity contribution in [3.8, 4) is 0 Å². The molecule has 0 radical (unpaired) electrons. The number of ether oxygens (including phenoxy) is 2. The van der Waals surface area contributed by atoms with Crippen LogP contribution < -0.4 is 11.1 Å². The number of unbranched alkanes of at least 4 members (excludes halogenated alkanes) is 28. The van der Waals surface area contributed by atoms with Crippen LogP contribution in [0.25, 0.3) is 0 Å². The molecule has 0 fully saturated rings. The van der Waals surface area contributed by atoms with Gasteiger partial charge in [-0.3, -0.25) is 19.2 Å². The van der Waals surface area contributed by atoms with Crippen LogP contribution in [0.3, 0.4) is 0 Å². The van der Waals surface area contributed by atoms with Gasteiger partial charge in [-0.15, -0.1) is 0 Å². The molecule has 0 saturated carbocycles. The minimum atomic E-state index is -1.13. The summed E-state index contributed by atoms with van der Waals surface area (Å²) in [7, 11) is 0. The lowest BCUT2D eigenvalue weighted by atomic mass is 10.0. The quantitative estimate of drug-likeness (QED) is 0.0413. The van der Waals surface area contributed by atoms with E-state index in [4.69, 9.17) is 20.3 Å². The molecule has 0 heterocycles. The number of aliphatic hydroxyl groups is 1. The smallest absolute Gasteiger partial charge is 0.306 e. The van der Waals surface area contributed by atoms with Crippen molar-refractivity contribution in [2.75, 3.05) is 19.8 Å². The Balaban J connectivity index is 4.23. The Morgan fingerprint density at radius 1 is 0.528 bits per heavy atom. The molecule has 2 unspecified atom stereocenters. The second-order valence-corrected chi connectivity index (χ2v) is 15.4.